The molecule has 2 aliphatic rings. The summed E-state index contributed by atoms with van der Waals surface area (Å²) in [5.74, 6) is 0.187. The molecule has 2 aromatic rings. The van der Waals surface area contributed by atoms with Crippen molar-refractivity contribution in [1.82, 2.24) is 4.31 Å². The number of ether oxygens (including phenoxy) is 2. The number of nitrogens with one attached hydrogen (secondary N) is 2. The van der Waals surface area contributed by atoms with Gasteiger partial charge in [-0.05, 0) is 56.0 Å². The molecule has 2 aromatic carbocycles. The maximum atomic E-state index is 13.3. The van der Waals surface area contributed by atoms with Crippen molar-refractivity contribution in [2.45, 2.75) is 31.6 Å². The minimum Gasteiger partial charge on any atom is -0.495 e. The Morgan fingerprint density at radius 1 is 1.18 bits per heavy atom. The molecule has 10 heteroatoms. The lowest BCUT2D eigenvalue weighted by molar-refractivity contribution is -0.121. The zero-order chi connectivity index (χ0) is 23.8. The first-order valence-corrected chi connectivity index (χ1v) is 12.2. The second kappa shape index (κ2) is 9.03. The summed E-state index contributed by atoms with van der Waals surface area (Å²) in [6, 6.07) is 8.62. The largest absolute Gasteiger partial charge is 0.495 e. The number of sulfonamides is 1. The highest BCUT2D eigenvalue weighted by Crippen LogP contribution is 2.35. The van der Waals surface area contributed by atoms with E-state index in [2.05, 4.69) is 10.6 Å². The fourth-order valence-electron chi connectivity index (χ4n) is 4.15. The maximum absolute atomic E-state index is 13.3. The Hall–Kier alpha value is -3.11. The van der Waals surface area contributed by atoms with Crippen molar-refractivity contribution in [2.24, 2.45) is 5.92 Å². The molecule has 9 nitrogen and oxygen atoms in total. The van der Waals surface area contributed by atoms with Crippen LogP contribution in [0.5, 0.6) is 11.5 Å². The fraction of sp³-hybridized carbons (Fsp3) is 0.391. The van der Waals surface area contributed by atoms with E-state index in [9.17, 15) is 18.0 Å². The minimum absolute atomic E-state index is 0.143. The number of piperidine rings is 1. The molecule has 0 bridgehead atoms. The smallest absolute Gasteiger partial charge is 0.262 e. The summed E-state index contributed by atoms with van der Waals surface area (Å²) in [6.07, 6.45) is 0.825. The van der Waals surface area contributed by atoms with Gasteiger partial charge in [0.05, 0.1) is 23.4 Å². The summed E-state index contributed by atoms with van der Waals surface area (Å²) < 4.78 is 38.7. The fourth-order valence-corrected chi connectivity index (χ4v) is 5.84. The van der Waals surface area contributed by atoms with Gasteiger partial charge >= 0.3 is 0 Å². The zero-order valence-electron chi connectivity index (χ0n) is 18.8. The van der Waals surface area contributed by atoms with Gasteiger partial charge in [0.25, 0.3) is 5.91 Å². The zero-order valence-corrected chi connectivity index (χ0v) is 19.6. The topological polar surface area (TPSA) is 114 Å². The molecule has 2 amide bonds. The number of methoxy groups -OCH3 is 1. The molecule has 0 spiro atoms. The lowest BCUT2D eigenvalue weighted by atomic mass is 9.97. The first kappa shape index (κ1) is 23.1. The van der Waals surface area contributed by atoms with Crippen LogP contribution in [0.3, 0.4) is 0 Å². The monoisotopic (exact) mass is 473 g/mol. The Bertz CT molecular complexity index is 1200. The number of aryl methyl sites for hydroxylation is 2. The van der Waals surface area contributed by atoms with Crippen molar-refractivity contribution in [3.8, 4) is 11.5 Å². The van der Waals surface area contributed by atoms with Gasteiger partial charge in [-0.15, -0.1) is 0 Å². The van der Waals surface area contributed by atoms with Crippen LogP contribution in [-0.4, -0.2) is 51.3 Å². The number of hydrogen-bond donors (Lipinski definition) is 2. The number of carbonyl (C=O) groups excluding carboxylic acids is 2. The van der Waals surface area contributed by atoms with Crippen LogP contribution < -0.4 is 20.1 Å². The van der Waals surface area contributed by atoms with Gasteiger partial charge in [-0.2, -0.15) is 4.31 Å². The summed E-state index contributed by atoms with van der Waals surface area (Å²) in [5.41, 5.74) is 2.58. The van der Waals surface area contributed by atoms with E-state index in [0.717, 1.165) is 5.56 Å². The normalized spacial score (nSPS) is 17.0. The van der Waals surface area contributed by atoms with E-state index >= 15 is 0 Å². The van der Waals surface area contributed by atoms with Crippen molar-refractivity contribution in [2.75, 3.05) is 37.4 Å². The highest BCUT2D eigenvalue weighted by molar-refractivity contribution is 7.89. The molecular weight excluding hydrogens is 446 g/mol. The van der Waals surface area contributed by atoms with Gasteiger partial charge in [0.2, 0.25) is 15.9 Å². The van der Waals surface area contributed by atoms with E-state index in [4.69, 9.17) is 9.47 Å². The number of hydrogen-bond acceptors (Lipinski definition) is 6. The number of anilines is 2. The summed E-state index contributed by atoms with van der Waals surface area (Å²) in [5, 5.41) is 5.60. The molecule has 2 aliphatic heterocycles. The Labute approximate surface area is 193 Å². The van der Waals surface area contributed by atoms with E-state index in [1.165, 1.54) is 10.4 Å². The van der Waals surface area contributed by atoms with E-state index < -0.39 is 10.0 Å². The summed E-state index contributed by atoms with van der Waals surface area (Å²) in [4.78, 5) is 24.5. The maximum Gasteiger partial charge on any atom is 0.262 e. The van der Waals surface area contributed by atoms with Gasteiger partial charge in [-0.3, -0.25) is 9.59 Å². The molecule has 0 aliphatic carbocycles. The van der Waals surface area contributed by atoms with Crippen LogP contribution in [0.4, 0.5) is 11.4 Å². The van der Waals surface area contributed by atoms with Gasteiger partial charge in [-0.1, -0.05) is 6.07 Å². The number of benzene rings is 2. The van der Waals surface area contributed by atoms with Crippen LogP contribution in [0, 0.1) is 19.8 Å². The van der Waals surface area contributed by atoms with Crippen molar-refractivity contribution in [1.29, 1.82) is 0 Å². The van der Waals surface area contributed by atoms with E-state index in [-0.39, 0.29) is 42.3 Å². The van der Waals surface area contributed by atoms with E-state index in [1.54, 1.807) is 26.2 Å². The molecule has 2 heterocycles. The lowest BCUT2D eigenvalue weighted by Crippen LogP contribution is -2.41. The van der Waals surface area contributed by atoms with Crippen LogP contribution in [0.2, 0.25) is 0 Å². The van der Waals surface area contributed by atoms with E-state index in [1.807, 2.05) is 19.1 Å². The Balaban J connectivity index is 1.45. The van der Waals surface area contributed by atoms with Crippen LogP contribution in [0.25, 0.3) is 0 Å². The van der Waals surface area contributed by atoms with Gasteiger partial charge in [0.1, 0.15) is 11.5 Å². The van der Waals surface area contributed by atoms with E-state index in [0.29, 0.717) is 41.3 Å². The third-order valence-electron chi connectivity index (χ3n) is 5.97. The quantitative estimate of drug-likeness (QED) is 0.690. The number of rotatable bonds is 5. The second-order valence-electron chi connectivity index (χ2n) is 8.32. The molecule has 1 saturated heterocycles. The van der Waals surface area contributed by atoms with Crippen molar-refractivity contribution < 1.29 is 27.5 Å². The third-order valence-corrected chi connectivity index (χ3v) is 8.01. The molecule has 2 N–H and O–H groups in total. The Morgan fingerprint density at radius 3 is 2.61 bits per heavy atom. The average molecular weight is 474 g/mol. The SMILES string of the molecule is COc1ccc(C)cc1NC(=O)C1CCN(S(=O)(=O)c2cc3c(cc2C)NC(=O)CO3)CC1. The first-order valence-electron chi connectivity index (χ1n) is 10.7. The second-order valence-corrected chi connectivity index (χ2v) is 10.2. The van der Waals surface area contributed by atoms with Gasteiger partial charge in [0.15, 0.2) is 6.61 Å². The highest BCUT2D eigenvalue weighted by Gasteiger charge is 2.34. The molecule has 4 rings (SSSR count). The average Bonchev–Trinajstić information content (AvgIpc) is 2.78. The van der Waals surface area contributed by atoms with Crippen LogP contribution in [-0.2, 0) is 19.6 Å². The Kier molecular flexibility index (Phi) is 6.31. The molecule has 1 fully saturated rings. The van der Waals surface area contributed by atoms with Gasteiger partial charge < -0.3 is 20.1 Å². The molecule has 0 unspecified atom stereocenters. The first-order chi connectivity index (χ1) is 15.7. The standard InChI is InChI=1S/C23H27N3O6S/c1-14-4-5-19(31-3)17(10-14)25-23(28)16-6-8-26(9-7-16)33(29,30)21-12-20-18(11-15(21)2)24-22(27)13-32-20/h4-5,10-12,16H,6-9,13H2,1-3H3,(H,24,27)(H,25,28). The predicted octanol–water partition coefficient (Wildman–Crippen LogP) is 2.68. The summed E-state index contributed by atoms with van der Waals surface area (Å²) in [7, 11) is -2.23. The predicted molar refractivity (Wildman–Crippen MR) is 123 cm³/mol. The molecule has 0 atom stereocenters. The third kappa shape index (κ3) is 4.67. The molecular formula is C23H27N3O6S. The molecule has 176 valence electrons. The minimum atomic E-state index is -3.78. The summed E-state index contributed by atoms with van der Waals surface area (Å²) in [6.45, 7) is 3.93. The number of amides is 2. The van der Waals surface area contributed by atoms with Gasteiger partial charge in [0, 0.05) is 25.1 Å². The highest BCUT2D eigenvalue weighted by atomic mass is 32.2. The molecule has 0 saturated carbocycles. The van der Waals surface area contributed by atoms with Crippen molar-refractivity contribution in [3.05, 3.63) is 41.5 Å². The van der Waals surface area contributed by atoms with Crippen LogP contribution >= 0.6 is 0 Å². The summed E-state index contributed by atoms with van der Waals surface area (Å²) >= 11 is 0. The van der Waals surface area contributed by atoms with Gasteiger partial charge in [-0.25, -0.2) is 8.42 Å². The van der Waals surface area contributed by atoms with Crippen molar-refractivity contribution >= 4 is 33.2 Å². The van der Waals surface area contributed by atoms with Crippen molar-refractivity contribution in [3.63, 3.8) is 0 Å². The number of fused-ring (bicyclic) bond motifs is 1. The number of nitrogens with zero attached hydrogens (tertiary/aromatic N) is 1. The Morgan fingerprint density at radius 2 is 1.91 bits per heavy atom. The van der Waals surface area contributed by atoms with Crippen LogP contribution in [0.1, 0.15) is 24.0 Å². The molecule has 0 aromatic heterocycles. The lowest BCUT2D eigenvalue weighted by Gasteiger charge is -2.31. The molecule has 33 heavy (non-hydrogen) atoms. The van der Waals surface area contributed by atoms with Crippen LogP contribution in [0.15, 0.2) is 35.2 Å². The molecule has 0 radical (unpaired) electrons. The number of carbonyl (C=O) groups is 2.